The van der Waals surface area contributed by atoms with Crippen LogP contribution in [0.5, 0.6) is 0 Å². The van der Waals surface area contributed by atoms with E-state index in [1.54, 1.807) is 0 Å². The van der Waals surface area contributed by atoms with Gasteiger partial charge in [-0.25, -0.2) is 0 Å². The van der Waals surface area contributed by atoms with Gasteiger partial charge >= 0.3 is 0 Å². The van der Waals surface area contributed by atoms with Crippen molar-refractivity contribution in [2.75, 3.05) is 13.2 Å². The van der Waals surface area contributed by atoms with Crippen LogP contribution in [0.2, 0.25) is 0 Å². The molecule has 3 saturated heterocycles. The molecule has 3 aliphatic rings. The van der Waals surface area contributed by atoms with Crippen molar-refractivity contribution in [3.8, 4) is 0 Å². The largest absolute Gasteiger partial charge is 0.390 e. The van der Waals surface area contributed by atoms with E-state index in [1.807, 2.05) is 11.8 Å². The van der Waals surface area contributed by atoms with Crippen LogP contribution < -0.4 is 0 Å². The summed E-state index contributed by atoms with van der Waals surface area (Å²) in [6.45, 7) is 3.52. The number of rotatable bonds is 4. The number of amides is 1. The molecule has 1 amide bonds. The van der Waals surface area contributed by atoms with Gasteiger partial charge in [0.25, 0.3) is 0 Å². The summed E-state index contributed by atoms with van der Waals surface area (Å²) >= 11 is 0. The van der Waals surface area contributed by atoms with Gasteiger partial charge in [0.2, 0.25) is 5.91 Å². The number of nitrogens with zero attached hydrogens (tertiary/aromatic N) is 1. The van der Waals surface area contributed by atoms with Crippen LogP contribution in [-0.2, 0) is 14.3 Å². The lowest BCUT2D eigenvalue weighted by Gasteiger charge is -2.50. The lowest BCUT2D eigenvalue weighted by Crippen LogP contribution is -2.63. The SMILES string of the molecule is CC(C(O)C1CCCCO1)C1CC(=O)N1C1CCCCO1. The summed E-state index contributed by atoms with van der Waals surface area (Å²) in [5, 5.41) is 10.6. The maximum absolute atomic E-state index is 12.0. The minimum atomic E-state index is -0.491. The zero-order valence-corrected chi connectivity index (χ0v) is 12.9. The topological polar surface area (TPSA) is 59.0 Å². The van der Waals surface area contributed by atoms with Crippen molar-refractivity contribution in [1.29, 1.82) is 0 Å². The van der Waals surface area contributed by atoms with Crippen molar-refractivity contribution in [1.82, 2.24) is 4.90 Å². The highest BCUT2D eigenvalue weighted by atomic mass is 16.5. The standard InChI is InChI=1S/C16H27NO4/c1-11(16(19)13-6-2-4-8-20-13)12-10-14(18)17(12)15-7-3-5-9-21-15/h11-13,15-16,19H,2-10H2,1H3. The molecule has 5 unspecified atom stereocenters. The van der Waals surface area contributed by atoms with Crippen molar-refractivity contribution in [2.24, 2.45) is 5.92 Å². The zero-order valence-electron chi connectivity index (χ0n) is 12.9. The highest BCUT2D eigenvalue weighted by Gasteiger charge is 2.47. The Morgan fingerprint density at radius 2 is 1.86 bits per heavy atom. The van der Waals surface area contributed by atoms with E-state index < -0.39 is 6.10 Å². The molecule has 3 aliphatic heterocycles. The van der Waals surface area contributed by atoms with Gasteiger partial charge in [-0.2, -0.15) is 0 Å². The molecular weight excluding hydrogens is 270 g/mol. The van der Waals surface area contributed by atoms with Crippen molar-refractivity contribution >= 4 is 5.91 Å². The van der Waals surface area contributed by atoms with Gasteiger partial charge in [0, 0.05) is 31.6 Å². The number of hydrogen-bond donors (Lipinski definition) is 1. The lowest BCUT2D eigenvalue weighted by atomic mass is 9.82. The molecule has 3 rings (SSSR count). The molecule has 21 heavy (non-hydrogen) atoms. The van der Waals surface area contributed by atoms with Gasteiger partial charge in [0.15, 0.2) is 0 Å². The molecular formula is C16H27NO4. The molecule has 3 heterocycles. The summed E-state index contributed by atoms with van der Waals surface area (Å²) in [7, 11) is 0. The number of hydrogen-bond acceptors (Lipinski definition) is 4. The van der Waals surface area contributed by atoms with Gasteiger partial charge in [-0.15, -0.1) is 0 Å². The summed E-state index contributed by atoms with van der Waals surface area (Å²) in [6.07, 6.45) is 6.14. The average molecular weight is 297 g/mol. The van der Waals surface area contributed by atoms with E-state index in [-0.39, 0.29) is 30.2 Å². The molecule has 0 radical (unpaired) electrons. The van der Waals surface area contributed by atoms with Gasteiger partial charge in [-0.3, -0.25) is 4.79 Å². The van der Waals surface area contributed by atoms with Crippen LogP contribution in [0.4, 0.5) is 0 Å². The van der Waals surface area contributed by atoms with Gasteiger partial charge in [-0.05, 0) is 38.5 Å². The van der Waals surface area contributed by atoms with E-state index >= 15 is 0 Å². The molecule has 3 fully saturated rings. The Kier molecular flexibility index (Phi) is 4.82. The number of ether oxygens (including phenoxy) is 2. The number of aliphatic hydroxyl groups excluding tert-OH is 1. The summed E-state index contributed by atoms with van der Waals surface area (Å²) in [6, 6.07) is 0.0983. The molecule has 5 nitrogen and oxygen atoms in total. The number of aliphatic hydroxyl groups is 1. The summed E-state index contributed by atoms with van der Waals surface area (Å²) in [4.78, 5) is 13.8. The third-order valence-electron chi connectivity index (χ3n) is 5.24. The zero-order chi connectivity index (χ0) is 14.8. The predicted molar refractivity (Wildman–Crippen MR) is 77.6 cm³/mol. The van der Waals surface area contributed by atoms with Crippen LogP contribution in [-0.4, -0.2) is 53.6 Å². The van der Waals surface area contributed by atoms with E-state index in [1.165, 1.54) is 0 Å². The molecule has 0 aromatic carbocycles. The Balaban J connectivity index is 1.60. The molecule has 0 aromatic heterocycles. The summed E-state index contributed by atoms with van der Waals surface area (Å²) < 4.78 is 11.5. The number of carbonyl (C=O) groups is 1. The first-order chi connectivity index (χ1) is 10.2. The van der Waals surface area contributed by atoms with Crippen molar-refractivity contribution in [3.05, 3.63) is 0 Å². The Hall–Kier alpha value is -0.650. The highest BCUT2D eigenvalue weighted by Crippen LogP contribution is 2.35. The average Bonchev–Trinajstić information content (AvgIpc) is 2.53. The second-order valence-electron chi connectivity index (χ2n) is 6.65. The van der Waals surface area contributed by atoms with E-state index in [0.29, 0.717) is 6.42 Å². The quantitative estimate of drug-likeness (QED) is 0.802. The van der Waals surface area contributed by atoms with E-state index in [2.05, 4.69) is 0 Å². The van der Waals surface area contributed by atoms with Gasteiger partial charge < -0.3 is 19.5 Å². The second kappa shape index (κ2) is 6.63. The lowest BCUT2D eigenvalue weighted by molar-refractivity contribution is -0.188. The van der Waals surface area contributed by atoms with Crippen LogP contribution in [0.3, 0.4) is 0 Å². The van der Waals surface area contributed by atoms with Crippen LogP contribution in [0, 0.1) is 5.92 Å². The first kappa shape index (κ1) is 15.3. The fourth-order valence-corrected chi connectivity index (χ4v) is 3.81. The van der Waals surface area contributed by atoms with Gasteiger partial charge in [0.05, 0.1) is 12.2 Å². The number of β-lactam (4-membered cyclic amide) rings is 1. The molecule has 0 saturated carbocycles. The fourth-order valence-electron chi connectivity index (χ4n) is 3.81. The number of carbonyl (C=O) groups excluding carboxylic acids is 1. The van der Waals surface area contributed by atoms with Crippen molar-refractivity contribution in [3.63, 3.8) is 0 Å². The molecule has 0 aromatic rings. The predicted octanol–water partition coefficient (Wildman–Crippen LogP) is 1.68. The normalized spacial score (nSPS) is 37.0. The Morgan fingerprint density at radius 1 is 1.14 bits per heavy atom. The summed E-state index contributed by atoms with van der Waals surface area (Å²) in [5.41, 5.74) is 0. The first-order valence-corrected chi connectivity index (χ1v) is 8.41. The molecule has 120 valence electrons. The van der Waals surface area contributed by atoms with E-state index in [4.69, 9.17) is 9.47 Å². The fraction of sp³-hybridized carbons (Fsp3) is 0.938. The van der Waals surface area contributed by atoms with E-state index in [0.717, 1.165) is 51.7 Å². The van der Waals surface area contributed by atoms with Crippen LogP contribution in [0.1, 0.15) is 51.9 Å². The van der Waals surface area contributed by atoms with Gasteiger partial charge in [0.1, 0.15) is 6.23 Å². The molecule has 0 aliphatic carbocycles. The van der Waals surface area contributed by atoms with Crippen LogP contribution >= 0.6 is 0 Å². The molecule has 0 bridgehead atoms. The monoisotopic (exact) mass is 297 g/mol. The third-order valence-corrected chi connectivity index (χ3v) is 5.24. The minimum Gasteiger partial charge on any atom is -0.390 e. The van der Waals surface area contributed by atoms with Crippen LogP contribution in [0.15, 0.2) is 0 Å². The van der Waals surface area contributed by atoms with Crippen molar-refractivity contribution < 1.29 is 19.4 Å². The molecule has 1 N–H and O–H groups in total. The number of likely N-dealkylation sites (tertiary alicyclic amines) is 1. The Morgan fingerprint density at radius 3 is 2.43 bits per heavy atom. The Labute approximate surface area is 126 Å². The first-order valence-electron chi connectivity index (χ1n) is 8.41. The second-order valence-corrected chi connectivity index (χ2v) is 6.65. The van der Waals surface area contributed by atoms with Gasteiger partial charge in [-0.1, -0.05) is 6.92 Å². The van der Waals surface area contributed by atoms with Crippen molar-refractivity contribution in [2.45, 2.75) is 76.3 Å². The van der Waals surface area contributed by atoms with E-state index in [9.17, 15) is 9.90 Å². The maximum atomic E-state index is 12.0. The smallest absolute Gasteiger partial charge is 0.226 e. The molecule has 0 spiro atoms. The van der Waals surface area contributed by atoms with Crippen LogP contribution in [0.25, 0.3) is 0 Å². The molecule has 5 heteroatoms. The minimum absolute atomic E-state index is 0.0383. The highest BCUT2D eigenvalue weighted by molar-refractivity contribution is 5.83. The third kappa shape index (κ3) is 3.10. The maximum Gasteiger partial charge on any atom is 0.226 e. The Bertz CT molecular complexity index is 363. The molecule has 5 atom stereocenters. The summed E-state index contributed by atoms with van der Waals surface area (Å²) in [5.74, 6) is 0.201.